The zero-order valence-corrected chi connectivity index (χ0v) is 18.5. The molecule has 2 fully saturated rings. The van der Waals surface area contributed by atoms with E-state index in [1.807, 2.05) is 55.5 Å². The number of aliphatic carboxylic acids is 1. The van der Waals surface area contributed by atoms with E-state index in [1.165, 1.54) is 4.90 Å². The number of hydrogen-bond acceptors (Lipinski definition) is 5. The third kappa shape index (κ3) is 4.37. The third-order valence-electron chi connectivity index (χ3n) is 6.39. The van der Waals surface area contributed by atoms with E-state index in [1.54, 1.807) is 18.2 Å². The monoisotopic (exact) mass is 486 g/mol. The van der Waals surface area contributed by atoms with Crippen LogP contribution in [0.1, 0.15) is 12.5 Å². The number of alkyl halides is 3. The van der Waals surface area contributed by atoms with Crippen molar-refractivity contribution in [3.8, 4) is 0 Å². The van der Waals surface area contributed by atoms with Crippen LogP contribution in [-0.4, -0.2) is 51.8 Å². The quantitative estimate of drug-likeness (QED) is 0.670. The summed E-state index contributed by atoms with van der Waals surface area (Å²) in [6.07, 6.45) is -3.46. The summed E-state index contributed by atoms with van der Waals surface area (Å²) in [7, 11) is 0. The fourth-order valence-electron chi connectivity index (χ4n) is 5.07. The van der Waals surface area contributed by atoms with Crippen LogP contribution in [0, 0.1) is 11.8 Å². The summed E-state index contributed by atoms with van der Waals surface area (Å²) < 4.78 is 31.7. The van der Waals surface area contributed by atoms with Gasteiger partial charge in [-0.05, 0) is 30.7 Å². The number of imide groups is 1. The number of carboxylic acids is 1. The average Bonchev–Trinajstić information content (AvgIpc) is 3.22. The fourth-order valence-corrected chi connectivity index (χ4v) is 5.07. The second-order valence-corrected chi connectivity index (χ2v) is 8.54. The number of anilines is 1. The van der Waals surface area contributed by atoms with Crippen LogP contribution >= 0.6 is 0 Å². The van der Waals surface area contributed by atoms with Crippen LogP contribution in [0.15, 0.2) is 72.3 Å². The van der Waals surface area contributed by atoms with Crippen LogP contribution in [0.4, 0.5) is 18.9 Å². The number of carbonyl (C=O) groups is 4. The summed E-state index contributed by atoms with van der Waals surface area (Å²) in [5.74, 6) is -4.43. The van der Waals surface area contributed by atoms with Crippen LogP contribution in [-0.2, 0) is 25.7 Å². The Kier molecular flexibility index (Phi) is 6.33. The molecule has 4 atom stereocenters. The molecule has 10 heteroatoms. The van der Waals surface area contributed by atoms with Gasteiger partial charge in [-0.3, -0.25) is 19.3 Å². The minimum Gasteiger partial charge on any atom is -0.475 e. The molecule has 2 amide bonds. The van der Waals surface area contributed by atoms with E-state index < -0.39 is 30.0 Å². The smallest absolute Gasteiger partial charge is 0.475 e. The molecule has 0 spiro atoms. The first-order chi connectivity index (χ1) is 16.5. The van der Waals surface area contributed by atoms with E-state index in [4.69, 9.17) is 9.90 Å². The standard InChI is InChI=1S/C23H20N2O3.C2HF3O2/c1-14-12-17(26)21-19-18(20(14)24(21)13-15-8-4-2-5-9-15)22(27)25(23(19)28)16-10-6-3-7-11-16;3-2(4,5)1(6)7/h2-12,18-21H,13H2,1H3;(H,6,7). The number of nitrogens with zero attached hydrogens (tertiary/aromatic N) is 2. The number of halogens is 3. The largest absolute Gasteiger partial charge is 0.490 e. The summed E-state index contributed by atoms with van der Waals surface area (Å²) >= 11 is 0. The number of benzene rings is 2. The summed E-state index contributed by atoms with van der Waals surface area (Å²) in [6, 6.07) is 18.1. The Bertz CT molecular complexity index is 1200. The van der Waals surface area contributed by atoms with Crippen LogP contribution in [0.5, 0.6) is 0 Å². The van der Waals surface area contributed by atoms with E-state index in [0.29, 0.717) is 12.2 Å². The van der Waals surface area contributed by atoms with Crippen molar-refractivity contribution < 1.29 is 37.5 Å². The molecule has 2 aromatic carbocycles. The van der Waals surface area contributed by atoms with Crippen molar-refractivity contribution in [2.75, 3.05) is 4.90 Å². The van der Waals surface area contributed by atoms with Crippen molar-refractivity contribution in [1.29, 1.82) is 0 Å². The van der Waals surface area contributed by atoms with Crippen molar-refractivity contribution in [3.63, 3.8) is 0 Å². The molecule has 0 aromatic heterocycles. The highest BCUT2D eigenvalue weighted by atomic mass is 19.4. The Morgan fingerprint density at radius 2 is 1.37 bits per heavy atom. The first-order valence-electron chi connectivity index (χ1n) is 10.8. The van der Waals surface area contributed by atoms with Crippen LogP contribution in [0.25, 0.3) is 0 Å². The molecule has 7 nitrogen and oxygen atoms in total. The fraction of sp³-hybridized carbons (Fsp3) is 0.280. The van der Waals surface area contributed by atoms with E-state index in [-0.39, 0.29) is 23.6 Å². The van der Waals surface area contributed by atoms with Gasteiger partial charge in [-0.2, -0.15) is 13.2 Å². The van der Waals surface area contributed by atoms with Crippen LogP contribution in [0.3, 0.4) is 0 Å². The number of ketones is 1. The van der Waals surface area contributed by atoms with Crippen molar-refractivity contribution in [3.05, 3.63) is 77.9 Å². The van der Waals surface area contributed by atoms with Gasteiger partial charge in [0.1, 0.15) is 0 Å². The Morgan fingerprint density at radius 3 is 1.89 bits per heavy atom. The Labute approximate surface area is 198 Å². The Balaban J connectivity index is 0.000000364. The lowest BCUT2D eigenvalue weighted by molar-refractivity contribution is -0.192. The van der Waals surface area contributed by atoms with Gasteiger partial charge in [-0.25, -0.2) is 9.69 Å². The molecule has 0 radical (unpaired) electrons. The maximum atomic E-state index is 13.3. The average molecular weight is 486 g/mol. The highest BCUT2D eigenvalue weighted by molar-refractivity contribution is 6.24. The Hall–Kier alpha value is -3.79. The van der Waals surface area contributed by atoms with Crippen molar-refractivity contribution in [2.24, 2.45) is 11.8 Å². The number of rotatable bonds is 3. The van der Waals surface area contributed by atoms with Crippen molar-refractivity contribution in [1.82, 2.24) is 4.90 Å². The lowest BCUT2D eigenvalue weighted by atomic mass is 9.89. The number of para-hydroxylation sites is 1. The molecule has 0 aliphatic carbocycles. The molecule has 0 saturated carbocycles. The van der Waals surface area contributed by atoms with E-state index >= 15 is 0 Å². The first-order valence-corrected chi connectivity index (χ1v) is 10.8. The minimum absolute atomic E-state index is 0.0757. The molecule has 3 aliphatic rings. The molecule has 3 aliphatic heterocycles. The van der Waals surface area contributed by atoms with Crippen LogP contribution < -0.4 is 4.90 Å². The predicted molar refractivity (Wildman–Crippen MR) is 118 cm³/mol. The highest BCUT2D eigenvalue weighted by Gasteiger charge is 2.65. The number of hydrogen-bond donors (Lipinski definition) is 1. The Morgan fingerprint density at radius 1 is 0.886 bits per heavy atom. The number of amides is 2. The maximum Gasteiger partial charge on any atom is 0.490 e. The summed E-state index contributed by atoms with van der Waals surface area (Å²) in [4.78, 5) is 51.8. The van der Waals surface area contributed by atoms with Crippen molar-refractivity contribution >= 4 is 29.3 Å². The molecular weight excluding hydrogens is 465 g/mol. The molecule has 2 aromatic rings. The normalized spacial score (nSPS) is 25.7. The molecule has 2 saturated heterocycles. The number of carboxylic acid groups (broad SMARTS) is 1. The zero-order valence-electron chi connectivity index (χ0n) is 18.5. The van der Waals surface area contributed by atoms with Gasteiger partial charge in [0.2, 0.25) is 11.8 Å². The summed E-state index contributed by atoms with van der Waals surface area (Å²) in [5, 5.41) is 7.12. The molecule has 35 heavy (non-hydrogen) atoms. The van der Waals surface area contributed by atoms with Crippen LogP contribution in [0.2, 0.25) is 0 Å². The molecule has 2 bridgehead atoms. The number of carbonyl (C=O) groups excluding carboxylic acids is 3. The minimum atomic E-state index is -5.08. The zero-order chi connectivity index (χ0) is 25.5. The SMILES string of the molecule is CC1=CC(=O)C2C3C(=O)N(c4ccccc4)C(=O)C3C1N2Cc1ccccc1.O=C(O)C(F)(F)F. The van der Waals surface area contributed by atoms with Gasteiger partial charge < -0.3 is 5.11 Å². The third-order valence-corrected chi connectivity index (χ3v) is 6.39. The van der Waals surface area contributed by atoms with Crippen molar-refractivity contribution in [2.45, 2.75) is 31.7 Å². The molecular formula is C25H21F3N2O5. The van der Waals surface area contributed by atoms with Gasteiger partial charge in [0, 0.05) is 12.6 Å². The van der Waals surface area contributed by atoms with Gasteiger partial charge in [-0.1, -0.05) is 54.1 Å². The maximum absolute atomic E-state index is 13.3. The van der Waals surface area contributed by atoms with E-state index in [9.17, 15) is 27.6 Å². The lowest BCUT2D eigenvalue weighted by Crippen LogP contribution is -2.50. The van der Waals surface area contributed by atoms with Gasteiger partial charge in [-0.15, -0.1) is 0 Å². The first kappa shape index (κ1) is 24.3. The summed E-state index contributed by atoms with van der Waals surface area (Å²) in [6.45, 7) is 2.44. The second kappa shape index (κ2) is 9.10. The molecule has 3 heterocycles. The predicted octanol–water partition coefficient (Wildman–Crippen LogP) is 3.21. The molecule has 4 unspecified atom stereocenters. The lowest BCUT2D eigenvalue weighted by Gasteiger charge is -2.35. The van der Waals surface area contributed by atoms with Gasteiger partial charge in [0.15, 0.2) is 5.78 Å². The highest BCUT2D eigenvalue weighted by Crippen LogP contribution is 2.49. The molecule has 5 rings (SSSR count). The molecule has 182 valence electrons. The van der Waals surface area contributed by atoms with Gasteiger partial charge in [0.05, 0.1) is 23.6 Å². The van der Waals surface area contributed by atoms with E-state index in [0.717, 1.165) is 11.1 Å². The van der Waals surface area contributed by atoms with Gasteiger partial charge >= 0.3 is 12.1 Å². The van der Waals surface area contributed by atoms with Gasteiger partial charge in [0.25, 0.3) is 0 Å². The second-order valence-electron chi connectivity index (χ2n) is 8.54. The molecule has 1 N–H and O–H groups in total. The van der Waals surface area contributed by atoms with E-state index in [2.05, 4.69) is 4.90 Å². The summed E-state index contributed by atoms with van der Waals surface area (Å²) in [5.41, 5.74) is 2.51. The topological polar surface area (TPSA) is 95.0 Å². The number of fused-ring (bicyclic) bond motifs is 5.